The van der Waals surface area contributed by atoms with Crippen LogP contribution in [0.2, 0.25) is 0 Å². The second-order valence-electron chi connectivity index (χ2n) is 3.41. The Balaban J connectivity index is 0.000000272. The zero-order valence-electron chi connectivity index (χ0n) is 10.8. The summed E-state index contributed by atoms with van der Waals surface area (Å²) in [6.07, 6.45) is 14.6. The molecule has 2 rings (SSSR count). The molecule has 0 fully saturated rings. The van der Waals surface area contributed by atoms with Gasteiger partial charge in [-0.25, -0.2) is 9.13 Å². The summed E-state index contributed by atoms with van der Waals surface area (Å²) in [5, 5.41) is 0. The van der Waals surface area contributed by atoms with Crippen LogP contribution in [0.1, 0.15) is 0 Å². The fourth-order valence-electron chi connectivity index (χ4n) is 0.773. The summed E-state index contributed by atoms with van der Waals surface area (Å²) in [6, 6.07) is 0. The molecule has 10 heteroatoms. The Morgan fingerprint density at radius 3 is 1.05 bits per heavy atom. The van der Waals surface area contributed by atoms with E-state index in [4.69, 9.17) is 18.6 Å². The van der Waals surface area contributed by atoms with E-state index in [1.807, 2.05) is 48.0 Å². The van der Waals surface area contributed by atoms with Crippen molar-refractivity contribution >= 4 is 0 Å². The van der Waals surface area contributed by atoms with E-state index in [0.29, 0.717) is 0 Å². The summed E-state index contributed by atoms with van der Waals surface area (Å²) >= 11 is -7.72. The molecule has 0 radical (unpaired) electrons. The first-order valence-corrected chi connectivity index (χ1v) is 8.56. The van der Waals surface area contributed by atoms with Gasteiger partial charge in [-0.15, -0.1) is 0 Å². The summed E-state index contributed by atoms with van der Waals surface area (Å²) < 4.78 is 47.1. The average molecular weight is 371 g/mol. The summed E-state index contributed by atoms with van der Waals surface area (Å²) in [6.45, 7) is 0. The first-order valence-electron chi connectivity index (χ1n) is 5.02. The van der Waals surface area contributed by atoms with Gasteiger partial charge in [-0.05, 0) is 0 Å². The third-order valence-electron chi connectivity index (χ3n) is 1.55. The van der Waals surface area contributed by atoms with Crippen LogP contribution in [0.3, 0.4) is 0 Å². The van der Waals surface area contributed by atoms with Crippen LogP contribution in [-0.2, 0) is 39.0 Å². The van der Waals surface area contributed by atoms with Crippen LogP contribution < -0.4 is 17.0 Å². The van der Waals surface area contributed by atoms with Crippen molar-refractivity contribution < 1.29 is 41.9 Å². The van der Waals surface area contributed by atoms with Gasteiger partial charge in [0.2, 0.25) is 0 Å². The van der Waals surface area contributed by atoms with Crippen molar-refractivity contribution in [3.8, 4) is 0 Å². The molecule has 0 unspecified atom stereocenters. The van der Waals surface area contributed by atoms with Gasteiger partial charge in [0.15, 0.2) is 24.8 Å². The number of nitrogens with zero attached hydrogens (tertiary/aromatic N) is 4. The van der Waals surface area contributed by atoms with E-state index in [0.717, 1.165) is 0 Å². The van der Waals surface area contributed by atoms with Gasteiger partial charge in [0.05, 0.1) is 24.8 Å². The molecule has 0 aromatic carbocycles. The number of aromatic nitrogens is 4. The predicted molar refractivity (Wildman–Crippen MR) is 52.9 cm³/mol. The minimum atomic E-state index is -7.72. The molecule has 0 amide bonds. The van der Waals surface area contributed by atoms with Crippen LogP contribution in [0.5, 0.6) is 0 Å². The molecule has 0 saturated carbocycles. The molecule has 0 aliphatic heterocycles. The molecule has 2 heterocycles. The van der Waals surface area contributed by atoms with Gasteiger partial charge < -0.3 is 0 Å². The maximum atomic E-state index is 8.64. The second-order valence-corrected chi connectivity index (χ2v) is 6.31. The normalized spacial score (nSPS) is 11.7. The van der Waals surface area contributed by atoms with E-state index in [1.165, 1.54) is 0 Å². The Morgan fingerprint density at radius 2 is 0.950 bits per heavy atom. The molecule has 2 aromatic rings. The topological polar surface area (TPSA) is 131 Å². The van der Waals surface area contributed by atoms with Gasteiger partial charge in [0.25, 0.3) is 0 Å². The Hall–Kier alpha value is -1.90. The molecule has 0 aliphatic carbocycles. The van der Waals surface area contributed by atoms with E-state index in [9.17, 15) is 0 Å². The second kappa shape index (κ2) is 7.63. The zero-order chi connectivity index (χ0) is 15.7. The summed E-state index contributed by atoms with van der Waals surface area (Å²) in [5.74, 6) is 0. The quantitative estimate of drug-likeness (QED) is 0.358. The molecule has 0 saturated heterocycles. The average Bonchev–Trinajstić information content (AvgIpc) is 2.28. The number of hydrogen-bond acceptors (Lipinski definition) is 7. The SMILES string of the molecule is C[n+]1ccncc1.C[n+]1ccncc1.[O]=[Ru](=[O])(=[O])([O-])[O-]. The van der Waals surface area contributed by atoms with Gasteiger partial charge in [-0.1, -0.05) is 0 Å². The Morgan fingerprint density at radius 1 is 0.750 bits per heavy atom. The molecule has 0 bridgehead atoms. The third-order valence-corrected chi connectivity index (χ3v) is 1.55. The minimum absolute atomic E-state index is 1.75. The van der Waals surface area contributed by atoms with Crippen molar-refractivity contribution in [3.63, 3.8) is 0 Å². The van der Waals surface area contributed by atoms with Gasteiger partial charge in [-0.3, -0.25) is 9.97 Å². The van der Waals surface area contributed by atoms with Gasteiger partial charge in [-0.2, -0.15) is 0 Å². The van der Waals surface area contributed by atoms with Gasteiger partial charge in [0, 0.05) is 0 Å². The zero-order valence-corrected chi connectivity index (χ0v) is 12.5. The molecule has 0 N–H and O–H groups in total. The first-order chi connectivity index (χ1) is 9.02. The van der Waals surface area contributed by atoms with Crippen molar-refractivity contribution in [2.24, 2.45) is 14.1 Å². The van der Waals surface area contributed by atoms with E-state index in [-0.39, 0.29) is 0 Å². The van der Waals surface area contributed by atoms with E-state index < -0.39 is 14.2 Å². The van der Waals surface area contributed by atoms with E-state index in [2.05, 4.69) is 9.97 Å². The Bertz CT molecular complexity index is 638. The first kappa shape index (κ1) is 18.1. The van der Waals surface area contributed by atoms with Crippen molar-refractivity contribution in [1.29, 1.82) is 0 Å². The molecule has 9 nitrogen and oxygen atoms in total. The van der Waals surface area contributed by atoms with Crippen LogP contribution in [0.15, 0.2) is 49.6 Å². The van der Waals surface area contributed by atoms with Crippen LogP contribution in [0.25, 0.3) is 0 Å². The van der Waals surface area contributed by atoms with Crippen LogP contribution in [0, 0.1) is 0 Å². The number of rotatable bonds is 0. The molecule has 0 aliphatic rings. The van der Waals surface area contributed by atoms with Crippen molar-refractivity contribution in [2.45, 2.75) is 0 Å². The molecular weight excluding hydrogens is 357 g/mol. The number of aryl methyl sites for hydroxylation is 2. The van der Waals surface area contributed by atoms with Crippen LogP contribution in [0.4, 0.5) is 0 Å². The fraction of sp³-hybridized carbons (Fsp3) is 0.200. The third kappa shape index (κ3) is 18.5. The fourth-order valence-corrected chi connectivity index (χ4v) is 0.773. The van der Waals surface area contributed by atoms with E-state index >= 15 is 0 Å². The summed E-state index contributed by atoms with van der Waals surface area (Å²) in [5.41, 5.74) is 0. The van der Waals surface area contributed by atoms with Crippen LogP contribution in [-0.4, -0.2) is 9.97 Å². The molecular formula is C10H14N4O5Ru. The van der Waals surface area contributed by atoms with Crippen molar-refractivity contribution in [1.82, 2.24) is 9.97 Å². The Labute approximate surface area is 116 Å². The van der Waals surface area contributed by atoms with E-state index in [1.54, 1.807) is 24.8 Å². The molecule has 20 heavy (non-hydrogen) atoms. The standard InChI is InChI=1S/2C5H7N2.5O.Ru/c2*1-7-4-2-6-3-5-7;;;;;;/h2*2-5H,1H3;;;;;;/q2*+1;;;;2*-1;. The predicted octanol–water partition coefficient (Wildman–Crippen LogP) is -2.92. The van der Waals surface area contributed by atoms with Crippen LogP contribution >= 0.6 is 0 Å². The Kier molecular flexibility index (Phi) is 6.91. The van der Waals surface area contributed by atoms with Gasteiger partial charge >= 0.3 is 32.8 Å². The van der Waals surface area contributed by atoms with Crippen molar-refractivity contribution in [2.75, 3.05) is 0 Å². The monoisotopic (exact) mass is 372 g/mol. The molecule has 0 spiro atoms. The summed E-state index contributed by atoms with van der Waals surface area (Å²) in [7, 11) is 3.92. The summed E-state index contributed by atoms with van der Waals surface area (Å²) in [4.78, 5) is 7.65. The molecule has 0 atom stereocenters. The van der Waals surface area contributed by atoms with Gasteiger partial charge in [0.1, 0.15) is 14.1 Å². The number of hydrogen-bond donors (Lipinski definition) is 0. The molecule has 112 valence electrons. The maximum absolute atomic E-state index is 8.64. The van der Waals surface area contributed by atoms with Crippen molar-refractivity contribution in [3.05, 3.63) is 49.6 Å². The molecule has 2 aromatic heterocycles.